The molecule has 0 fully saturated rings. The highest BCUT2D eigenvalue weighted by Gasteiger charge is 2.23. The van der Waals surface area contributed by atoms with Crippen LogP contribution in [0.3, 0.4) is 0 Å². The molecule has 172 valence electrons. The average Bonchev–Trinajstić information content (AvgIpc) is 3.13. The van der Waals surface area contributed by atoms with E-state index in [-0.39, 0.29) is 10.8 Å². The van der Waals surface area contributed by atoms with Gasteiger partial charge in [0.25, 0.3) is 0 Å². The third kappa shape index (κ3) is 4.59. The van der Waals surface area contributed by atoms with Crippen LogP contribution in [0, 0.1) is 20.8 Å². The Kier molecular flexibility index (Phi) is 6.17. The van der Waals surface area contributed by atoms with Gasteiger partial charge in [0.05, 0.1) is 15.7 Å². The Morgan fingerprint density at radius 2 is 1.79 bits per heavy atom. The highest BCUT2D eigenvalue weighted by molar-refractivity contribution is 8.00. The Morgan fingerprint density at radius 1 is 1.09 bits per heavy atom. The molecule has 1 unspecified atom stereocenters. The molecular weight excluding hydrogens is 458 g/mol. The maximum absolute atomic E-state index is 13.0. The predicted octanol–water partition coefficient (Wildman–Crippen LogP) is 3.96. The quantitative estimate of drug-likeness (QED) is 0.401. The number of primary sulfonamides is 1. The number of carbonyl (C=O) groups is 1. The minimum atomic E-state index is -3.79. The van der Waals surface area contributed by atoms with Gasteiger partial charge in [-0.05, 0) is 74.7 Å². The molecule has 0 aliphatic rings. The molecule has 0 spiro atoms. The SMILES string of the molecule is CCC(Sc1nnc2cc(C)c3cc(C)cc(C)c3n12)C(=O)Nc1ccc(S(N)(=O)=O)cc1. The van der Waals surface area contributed by atoms with E-state index in [1.165, 1.54) is 41.6 Å². The molecule has 2 heterocycles. The second kappa shape index (κ2) is 8.77. The number of rotatable bonds is 6. The van der Waals surface area contributed by atoms with Crippen LogP contribution >= 0.6 is 11.8 Å². The van der Waals surface area contributed by atoms with Crippen molar-refractivity contribution in [3.63, 3.8) is 0 Å². The van der Waals surface area contributed by atoms with Gasteiger partial charge in [-0.15, -0.1) is 10.2 Å². The molecule has 2 aromatic carbocycles. The van der Waals surface area contributed by atoms with Gasteiger partial charge >= 0.3 is 0 Å². The van der Waals surface area contributed by atoms with E-state index >= 15 is 0 Å². The first kappa shape index (κ1) is 23.2. The first-order valence-corrected chi connectivity index (χ1v) is 12.9. The smallest absolute Gasteiger partial charge is 0.238 e. The summed E-state index contributed by atoms with van der Waals surface area (Å²) in [4.78, 5) is 13.0. The number of anilines is 1. The first-order chi connectivity index (χ1) is 15.6. The number of fused-ring (bicyclic) bond motifs is 3. The number of sulfonamides is 1. The minimum absolute atomic E-state index is 0.00961. The lowest BCUT2D eigenvalue weighted by Gasteiger charge is -2.15. The van der Waals surface area contributed by atoms with Gasteiger partial charge in [0, 0.05) is 11.1 Å². The van der Waals surface area contributed by atoms with Crippen LogP contribution < -0.4 is 10.5 Å². The number of pyridine rings is 1. The zero-order valence-electron chi connectivity index (χ0n) is 18.8. The van der Waals surface area contributed by atoms with E-state index in [4.69, 9.17) is 5.14 Å². The molecule has 0 saturated heterocycles. The Labute approximate surface area is 196 Å². The van der Waals surface area contributed by atoms with Crippen molar-refractivity contribution in [2.45, 2.75) is 49.4 Å². The van der Waals surface area contributed by atoms with E-state index in [9.17, 15) is 13.2 Å². The number of benzene rings is 2. The van der Waals surface area contributed by atoms with Crippen molar-refractivity contribution in [1.82, 2.24) is 14.6 Å². The van der Waals surface area contributed by atoms with E-state index in [1.54, 1.807) is 0 Å². The van der Waals surface area contributed by atoms with Gasteiger partial charge in [-0.3, -0.25) is 9.20 Å². The first-order valence-electron chi connectivity index (χ1n) is 10.4. The number of aromatic nitrogens is 3. The van der Waals surface area contributed by atoms with Gasteiger partial charge in [0.1, 0.15) is 0 Å². The standard InChI is InChI=1S/C23H25N5O3S2/c1-5-19(22(29)25-16-6-8-17(9-7-16)33(24,30)31)32-23-27-26-20-12-14(3)18-11-13(2)10-15(4)21(18)28(20)23/h6-12,19H,5H2,1-4H3,(H,25,29)(H2,24,30,31). The highest BCUT2D eigenvalue weighted by atomic mass is 32.2. The monoisotopic (exact) mass is 483 g/mol. The van der Waals surface area contributed by atoms with Gasteiger partial charge in [-0.1, -0.05) is 30.3 Å². The number of thioether (sulfide) groups is 1. The zero-order chi connectivity index (χ0) is 23.9. The lowest BCUT2D eigenvalue weighted by molar-refractivity contribution is -0.115. The zero-order valence-corrected chi connectivity index (χ0v) is 20.4. The second-order valence-electron chi connectivity index (χ2n) is 8.05. The van der Waals surface area contributed by atoms with E-state index in [1.807, 2.05) is 17.4 Å². The van der Waals surface area contributed by atoms with Gasteiger partial charge < -0.3 is 5.32 Å². The summed E-state index contributed by atoms with van der Waals surface area (Å²) < 4.78 is 24.9. The summed E-state index contributed by atoms with van der Waals surface area (Å²) >= 11 is 1.35. The van der Waals surface area contributed by atoms with Crippen molar-refractivity contribution >= 4 is 49.9 Å². The second-order valence-corrected chi connectivity index (χ2v) is 10.8. The van der Waals surface area contributed by atoms with Gasteiger partial charge in [-0.2, -0.15) is 0 Å². The van der Waals surface area contributed by atoms with Gasteiger partial charge in [0.15, 0.2) is 10.8 Å². The fourth-order valence-corrected chi connectivity index (χ4v) is 5.37. The average molecular weight is 484 g/mol. The molecule has 0 bridgehead atoms. The van der Waals surface area contributed by atoms with Crippen LogP contribution in [-0.4, -0.2) is 34.2 Å². The van der Waals surface area contributed by atoms with Crippen LogP contribution in [-0.2, 0) is 14.8 Å². The lowest BCUT2D eigenvalue weighted by Crippen LogP contribution is -2.25. The maximum atomic E-state index is 13.0. The number of nitrogens with two attached hydrogens (primary N) is 1. The summed E-state index contributed by atoms with van der Waals surface area (Å²) in [7, 11) is -3.79. The third-order valence-corrected chi connectivity index (χ3v) is 7.69. The van der Waals surface area contributed by atoms with Crippen LogP contribution in [0.15, 0.2) is 52.5 Å². The Bertz CT molecular complexity index is 1480. The van der Waals surface area contributed by atoms with E-state index in [0.29, 0.717) is 17.3 Å². The minimum Gasteiger partial charge on any atom is -0.325 e. The summed E-state index contributed by atoms with van der Waals surface area (Å²) in [5.74, 6) is -0.202. The van der Waals surface area contributed by atoms with Crippen molar-refractivity contribution in [2.75, 3.05) is 5.32 Å². The van der Waals surface area contributed by atoms with Gasteiger partial charge in [0.2, 0.25) is 15.9 Å². The molecule has 2 aromatic heterocycles. The predicted molar refractivity (Wildman–Crippen MR) is 131 cm³/mol. The van der Waals surface area contributed by atoms with Crippen molar-refractivity contribution in [3.05, 3.63) is 59.2 Å². The summed E-state index contributed by atoms with van der Waals surface area (Å²) in [6.45, 7) is 8.14. The Balaban J connectivity index is 1.65. The molecule has 0 saturated carbocycles. The number of nitrogens with one attached hydrogen (secondary N) is 1. The molecule has 0 aliphatic carbocycles. The normalized spacial score (nSPS) is 12.9. The third-order valence-electron chi connectivity index (χ3n) is 5.46. The number of aryl methyl sites for hydroxylation is 3. The molecule has 3 N–H and O–H groups in total. The molecule has 33 heavy (non-hydrogen) atoms. The van der Waals surface area contributed by atoms with E-state index in [0.717, 1.165) is 27.7 Å². The molecule has 10 heteroatoms. The molecule has 1 atom stereocenters. The number of hydrogen-bond donors (Lipinski definition) is 2. The maximum Gasteiger partial charge on any atom is 0.238 e. The van der Waals surface area contributed by atoms with Crippen LogP contribution in [0.5, 0.6) is 0 Å². The molecule has 1 amide bonds. The Hall–Kier alpha value is -2.95. The van der Waals surface area contributed by atoms with Crippen molar-refractivity contribution in [1.29, 1.82) is 0 Å². The molecular formula is C23H25N5O3S2. The summed E-state index contributed by atoms with van der Waals surface area (Å²) in [6.07, 6.45) is 0.572. The van der Waals surface area contributed by atoms with Crippen molar-refractivity contribution < 1.29 is 13.2 Å². The summed E-state index contributed by atoms with van der Waals surface area (Å²) in [5.41, 5.74) is 5.70. The van der Waals surface area contributed by atoms with Gasteiger partial charge in [-0.25, -0.2) is 13.6 Å². The molecule has 0 aliphatic heterocycles. The van der Waals surface area contributed by atoms with Crippen LogP contribution in [0.2, 0.25) is 0 Å². The topological polar surface area (TPSA) is 119 Å². The summed E-state index contributed by atoms with van der Waals surface area (Å²) in [6, 6.07) is 12.1. The van der Waals surface area contributed by atoms with Crippen molar-refractivity contribution in [2.24, 2.45) is 5.14 Å². The van der Waals surface area contributed by atoms with E-state index in [2.05, 4.69) is 48.4 Å². The van der Waals surface area contributed by atoms with Crippen LogP contribution in [0.25, 0.3) is 16.6 Å². The largest absolute Gasteiger partial charge is 0.325 e. The molecule has 0 radical (unpaired) electrons. The number of carbonyl (C=O) groups excluding carboxylic acids is 1. The molecule has 4 aromatic rings. The van der Waals surface area contributed by atoms with E-state index < -0.39 is 15.3 Å². The molecule has 8 nitrogen and oxygen atoms in total. The number of amides is 1. The van der Waals surface area contributed by atoms with Crippen LogP contribution in [0.1, 0.15) is 30.0 Å². The molecule has 4 rings (SSSR count). The lowest BCUT2D eigenvalue weighted by atomic mass is 10.0. The summed E-state index contributed by atoms with van der Waals surface area (Å²) in [5, 5.41) is 18.1. The fourth-order valence-electron chi connectivity index (χ4n) is 3.89. The van der Waals surface area contributed by atoms with Crippen LogP contribution in [0.4, 0.5) is 5.69 Å². The highest BCUT2D eigenvalue weighted by Crippen LogP contribution is 2.31. The Morgan fingerprint density at radius 3 is 2.42 bits per heavy atom. The number of hydrogen-bond acceptors (Lipinski definition) is 6. The van der Waals surface area contributed by atoms with Crippen molar-refractivity contribution in [3.8, 4) is 0 Å². The fraction of sp³-hybridized carbons (Fsp3) is 0.261. The number of nitrogens with zero attached hydrogens (tertiary/aromatic N) is 3.